The van der Waals surface area contributed by atoms with E-state index in [9.17, 15) is 9.59 Å². The summed E-state index contributed by atoms with van der Waals surface area (Å²) in [4.78, 5) is 23.6. The second-order valence-electron chi connectivity index (χ2n) is 5.40. The Hall–Kier alpha value is -3.09. The molecule has 0 bridgehead atoms. The van der Waals surface area contributed by atoms with E-state index in [-0.39, 0.29) is 29.0 Å². The van der Waals surface area contributed by atoms with Gasteiger partial charge in [0.05, 0.1) is 23.5 Å². The molecule has 0 aliphatic carbocycles. The molecule has 28 heavy (non-hydrogen) atoms. The molecule has 3 amide bonds. The number of thiol groups is 1. The Bertz CT molecular complexity index is 915. The smallest absolute Gasteiger partial charge is 0.336 e. The number of hydrogen-bond donors (Lipinski definition) is 3. The van der Waals surface area contributed by atoms with E-state index < -0.39 is 6.03 Å². The molecule has 0 fully saturated rings. The number of anilines is 3. The largest absolute Gasteiger partial charge is 0.495 e. The summed E-state index contributed by atoms with van der Waals surface area (Å²) in [5.41, 5.74) is 1.31. The van der Waals surface area contributed by atoms with Crippen LogP contribution in [-0.2, 0) is 4.79 Å². The summed E-state index contributed by atoms with van der Waals surface area (Å²) >= 11 is 10.3. The number of hydrogen-bond acceptors (Lipinski definition) is 6. The maximum Gasteiger partial charge on any atom is 0.336 e. The van der Waals surface area contributed by atoms with Crippen LogP contribution in [-0.4, -0.2) is 25.7 Å². The van der Waals surface area contributed by atoms with Crippen LogP contribution in [0.3, 0.4) is 0 Å². The molecule has 0 saturated heterocycles. The van der Waals surface area contributed by atoms with Crippen molar-refractivity contribution in [1.29, 1.82) is 5.26 Å². The molecule has 0 saturated carbocycles. The zero-order valence-corrected chi connectivity index (χ0v) is 16.7. The van der Waals surface area contributed by atoms with Gasteiger partial charge in [-0.05, 0) is 30.3 Å². The Balaban J connectivity index is 2.19. The van der Waals surface area contributed by atoms with Crippen LogP contribution in [0.2, 0.25) is 5.02 Å². The first-order valence-electron chi connectivity index (χ1n) is 7.90. The van der Waals surface area contributed by atoms with Gasteiger partial charge in [-0.2, -0.15) is 5.26 Å². The highest BCUT2D eigenvalue weighted by atomic mass is 35.5. The van der Waals surface area contributed by atoms with Gasteiger partial charge in [0.1, 0.15) is 17.6 Å². The molecule has 0 unspecified atom stereocenters. The van der Waals surface area contributed by atoms with Crippen molar-refractivity contribution < 1.29 is 19.1 Å². The lowest BCUT2D eigenvalue weighted by Crippen LogP contribution is -2.27. The molecule has 0 aliphatic rings. The average molecular weight is 421 g/mol. The summed E-state index contributed by atoms with van der Waals surface area (Å²) in [6.45, 7) is 1.18. The first-order chi connectivity index (χ1) is 13.3. The quantitative estimate of drug-likeness (QED) is 0.610. The molecular formula is C18H17ClN4O4S. The van der Waals surface area contributed by atoms with Crippen LogP contribution in [0.15, 0.2) is 36.4 Å². The maximum absolute atomic E-state index is 12.5. The molecule has 2 N–H and O–H groups in total. The number of rotatable bonds is 6. The first kappa shape index (κ1) is 21.2. The number of nitrogens with zero attached hydrogens (tertiary/aromatic N) is 2. The minimum atomic E-state index is -0.585. The van der Waals surface area contributed by atoms with Gasteiger partial charge in [0.15, 0.2) is 6.61 Å². The van der Waals surface area contributed by atoms with Crippen molar-refractivity contribution >= 4 is 53.4 Å². The summed E-state index contributed by atoms with van der Waals surface area (Å²) in [6.07, 6.45) is 0. The summed E-state index contributed by atoms with van der Waals surface area (Å²) in [7, 11) is 1.44. The molecule has 10 heteroatoms. The van der Waals surface area contributed by atoms with Gasteiger partial charge < -0.3 is 20.1 Å². The topological polar surface area (TPSA) is 104 Å². The van der Waals surface area contributed by atoms with Crippen LogP contribution in [0, 0.1) is 11.3 Å². The van der Waals surface area contributed by atoms with E-state index in [0.29, 0.717) is 17.1 Å². The fraction of sp³-hybridized carbons (Fsp3) is 0.167. The monoisotopic (exact) mass is 420 g/mol. The predicted molar refractivity (Wildman–Crippen MR) is 110 cm³/mol. The van der Waals surface area contributed by atoms with Crippen molar-refractivity contribution in [2.75, 3.05) is 28.7 Å². The van der Waals surface area contributed by atoms with E-state index in [1.807, 2.05) is 6.07 Å². The van der Waals surface area contributed by atoms with E-state index in [1.165, 1.54) is 26.2 Å². The third-order valence-electron chi connectivity index (χ3n) is 3.41. The molecule has 0 atom stereocenters. The first-order valence-corrected chi connectivity index (χ1v) is 8.68. The second-order valence-corrected chi connectivity index (χ2v) is 6.21. The summed E-state index contributed by atoms with van der Waals surface area (Å²) < 4.78 is 11.5. The van der Waals surface area contributed by atoms with Gasteiger partial charge in [0, 0.05) is 18.7 Å². The van der Waals surface area contributed by atoms with Crippen LogP contribution >= 0.6 is 24.4 Å². The molecule has 0 heterocycles. The Kier molecular flexibility index (Phi) is 7.37. The number of carbonyl (C=O) groups excluding carboxylic acids is 2. The standard InChI is InChI=1S/C18H17ClN4O4S/c1-11(24)21-12-3-5-13(6-4-12)23(28)18(25)22-15-9-14(19)16(26-2)10-17(15)27-8-7-20/h3-6,9-10,28H,8H2,1-2H3,(H,21,24)(H,22,25). The van der Waals surface area contributed by atoms with Gasteiger partial charge in [-0.1, -0.05) is 24.4 Å². The number of nitrogens with one attached hydrogen (secondary N) is 2. The zero-order chi connectivity index (χ0) is 20.7. The van der Waals surface area contributed by atoms with E-state index >= 15 is 0 Å². The van der Waals surface area contributed by atoms with E-state index in [1.54, 1.807) is 24.3 Å². The SMILES string of the molecule is COc1cc(OCC#N)c(NC(=O)N(S)c2ccc(NC(C)=O)cc2)cc1Cl. The fourth-order valence-corrected chi connectivity index (χ4v) is 2.62. The second kappa shape index (κ2) is 9.73. The third-order valence-corrected chi connectivity index (χ3v) is 4.12. The fourth-order valence-electron chi connectivity index (χ4n) is 2.19. The Morgan fingerprint density at radius 3 is 2.46 bits per heavy atom. The number of benzene rings is 2. The molecule has 0 aliphatic heterocycles. The van der Waals surface area contributed by atoms with Crippen molar-refractivity contribution in [3.05, 3.63) is 41.4 Å². The number of methoxy groups -OCH3 is 1. The lowest BCUT2D eigenvalue weighted by Gasteiger charge is -2.19. The van der Waals surface area contributed by atoms with Crippen LogP contribution < -0.4 is 24.4 Å². The Labute approximate surface area is 172 Å². The zero-order valence-electron chi connectivity index (χ0n) is 15.0. The van der Waals surface area contributed by atoms with Gasteiger partial charge in [0.2, 0.25) is 5.91 Å². The highest BCUT2D eigenvalue weighted by Crippen LogP contribution is 2.36. The van der Waals surface area contributed by atoms with Crippen molar-refractivity contribution in [1.82, 2.24) is 0 Å². The normalized spacial score (nSPS) is 9.82. The molecule has 146 valence electrons. The van der Waals surface area contributed by atoms with Crippen LogP contribution in [0.4, 0.5) is 21.9 Å². The molecule has 0 aromatic heterocycles. The number of nitriles is 1. The van der Waals surface area contributed by atoms with Gasteiger partial charge >= 0.3 is 6.03 Å². The molecule has 8 nitrogen and oxygen atoms in total. The maximum atomic E-state index is 12.5. The van der Waals surface area contributed by atoms with E-state index in [4.69, 9.17) is 26.3 Å². The van der Waals surface area contributed by atoms with Gasteiger partial charge in [-0.25, -0.2) is 9.10 Å². The van der Waals surface area contributed by atoms with Gasteiger partial charge in [0.25, 0.3) is 0 Å². The minimum absolute atomic E-state index is 0.200. The van der Waals surface area contributed by atoms with E-state index in [2.05, 4.69) is 23.4 Å². The molecule has 2 rings (SSSR count). The highest BCUT2D eigenvalue weighted by molar-refractivity contribution is 7.82. The average Bonchev–Trinajstić information content (AvgIpc) is 2.67. The number of urea groups is 1. The predicted octanol–water partition coefficient (Wildman–Crippen LogP) is 4.09. The number of carbonyl (C=O) groups is 2. The van der Waals surface area contributed by atoms with Crippen LogP contribution in [0.5, 0.6) is 11.5 Å². The van der Waals surface area contributed by atoms with Crippen molar-refractivity contribution in [3.63, 3.8) is 0 Å². The minimum Gasteiger partial charge on any atom is -0.495 e. The molecule has 0 radical (unpaired) electrons. The highest BCUT2D eigenvalue weighted by Gasteiger charge is 2.17. The lowest BCUT2D eigenvalue weighted by molar-refractivity contribution is -0.114. The molecular weight excluding hydrogens is 404 g/mol. The van der Waals surface area contributed by atoms with E-state index in [0.717, 1.165) is 4.31 Å². The van der Waals surface area contributed by atoms with Crippen LogP contribution in [0.1, 0.15) is 6.92 Å². The summed E-state index contributed by atoms with van der Waals surface area (Å²) in [5.74, 6) is 0.359. The van der Waals surface area contributed by atoms with Crippen molar-refractivity contribution in [2.45, 2.75) is 6.92 Å². The van der Waals surface area contributed by atoms with Crippen LogP contribution in [0.25, 0.3) is 0 Å². The number of ether oxygens (including phenoxy) is 2. The lowest BCUT2D eigenvalue weighted by atomic mass is 10.2. The summed E-state index contributed by atoms with van der Waals surface area (Å²) in [5, 5.41) is 14.2. The van der Waals surface area contributed by atoms with Gasteiger partial charge in [-0.3, -0.25) is 4.79 Å². The third kappa shape index (κ3) is 5.45. The van der Waals surface area contributed by atoms with Crippen molar-refractivity contribution in [3.8, 4) is 17.6 Å². The Morgan fingerprint density at radius 2 is 1.89 bits per heavy atom. The molecule has 2 aromatic rings. The number of halogens is 1. The molecule has 0 spiro atoms. The number of amides is 3. The van der Waals surface area contributed by atoms with Crippen molar-refractivity contribution in [2.24, 2.45) is 0 Å². The summed E-state index contributed by atoms with van der Waals surface area (Å²) in [6, 6.07) is 10.7. The Morgan fingerprint density at radius 1 is 1.21 bits per heavy atom. The molecule has 2 aromatic carbocycles. The van der Waals surface area contributed by atoms with Gasteiger partial charge in [-0.15, -0.1) is 0 Å².